The average Bonchev–Trinajstić information content (AvgIpc) is 2.68. The van der Waals surface area contributed by atoms with Gasteiger partial charge in [0.05, 0.1) is 12.6 Å². The second-order valence-electron chi connectivity index (χ2n) is 4.48. The topological polar surface area (TPSA) is 38.5 Å². The van der Waals surface area contributed by atoms with Gasteiger partial charge in [0.15, 0.2) is 0 Å². The summed E-state index contributed by atoms with van der Waals surface area (Å²) in [4.78, 5) is 2.43. The molecule has 0 amide bonds. The minimum Gasteiger partial charge on any atom is -0.383 e. The van der Waals surface area contributed by atoms with E-state index in [1.165, 1.54) is 9.13 Å². The van der Waals surface area contributed by atoms with Crippen LogP contribution in [-0.2, 0) is 4.74 Å². The Balaban J connectivity index is 2.15. The van der Waals surface area contributed by atoms with Crippen molar-refractivity contribution in [1.82, 2.24) is 4.90 Å². The maximum absolute atomic E-state index is 6.24. The molecule has 1 saturated heterocycles. The van der Waals surface area contributed by atoms with Gasteiger partial charge in [-0.15, -0.1) is 0 Å². The molecule has 0 aromatic heterocycles. The SMILES string of the molecule is COCCN1CCC(N)C1c1cccc(I)c1. The quantitative estimate of drug-likeness (QED) is 0.848. The first-order chi connectivity index (χ1) is 8.22. The molecule has 2 unspecified atom stereocenters. The number of methoxy groups -OCH3 is 1. The molecule has 94 valence electrons. The number of hydrogen-bond donors (Lipinski definition) is 1. The van der Waals surface area contributed by atoms with E-state index in [-0.39, 0.29) is 6.04 Å². The van der Waals surface area contributed by atoms with Crippen molar-refractivity contribution in [3.8, 4) is 0 Å². The van der Waals surface area contributed by atoms with Gasteiger partial charge in [-0.25, -0.2) is 0 Å². The van der Waals surface area contributed by atoms with Gasteiger partial charge < -0.3 is 10.5 Å². The van der Waals surface area contributed by atoms with Crippen LogP contribution >= 0.6 is 22.6 Å². The van der Waals surface area contributed by atoms with Crippen molar-refractivity contribution >= 4 is 22.6 Å². The Kier molecular flexibility index (Phi) is 4.78. The lowest BCUT2D eigenvalue weighted by atomic mass is 10.0. The third-order valence-corrected chi connectivity index (χ3v) is 3.99. The van der Waals surface area contributed by atoms with E-state index in [2.05, 4.69) is 51.8 Å². The van der Waals surface area contributed by atoms with Gasteiger partial charge in [0, 0.05) is 29.8 Å². The molecular formula is C13H19IN2O. The van der Waals surface area contributed by atoms with Crippen LogP contribution in [-0.4, -0.2) is 37.7 Å². The maximum Gasteiger partial charge on any atom is 0.0589 e. The molecule has 1 heterocycles. The summed E-state index contributed by atoms with van der Waals surface area (Å²) in [5.41, 5.74) is 7.57. The first-order valence-electron chi connectivity index (χ1n) is 5.96. The Labute approximate surface area is 116 Å². The molecule has 17 heavy (non-hydrogen) atoms. The van der Waals surface area contributed by atoms with Crippen LogP contribution in [0.15, 0.2) is 24.3 Å². The van der Waals surface area contributed by atoms with Crippen molar-refractivity contribution in [2.24, 2.45) is 5.73 Å². The monoisotopic (exact) mass is 346 g/mol. The fraction of sp³-hybridized carbons (Fsp3) is 0.538. The zero-order valence-corrected chi connectivity index (χ0v) is 12.3. The summed E-state index contributed by atoms with van der Waals surface area (Å²) in [7, 11) is 1.75. The number of nitrogens with zero attached hydrogens (tertiary/aromatic N) is 1. The Morgan fingerprint density at radius 2 is 2.35 bits per heavy atom. The zero-order valence-electron chi connectivity index (χ0n) is 10.1. The molecule has 0 bridgehead atoms. The lowest BCUT2D eigenvalue weighted by Gasteiger charge is -2.27. The van der Waals surface area contributed by atoms with E-state index in [1.807, 2.05) is 0 Å². The normalized spacial score (nSPS) is 25.4. The van der Waals surface area contributed by atoms with E-state index in [1.54, 1.807) is 7.11 Å². The number of benzene rings is 1. The predicted molar refractivity (Wildman–Crippen MR) is 77.9 cm³/mol. The molecule has 0 aliphatic carbocycles. The molecule has 2 rings (SSSR count). The van der Waals surface area contributed by atoms with Gasteiger partial charge >= 0.3 is 0 Å². The summed E-state index contributed by atoms with van der Waals surface area (Å²) in [5.74, 6) is 0. The predicted octanol–water partition coefficient (Wildman–Crippen LogP) is 2.01. The van der Waals surface area contributed by atoms with Crippen molar-refractivity contribution in [2.75, 3.05) is 26.8 Å². The molecule has 0 spiro atoms. The molecule has 2 N–H and O–H groups in total. The minimum absolute atomic E-state index is 0.241. The largest absolute Gasteiger partial charge is 0.383 e. The summed E-state index contributed by atoms with van der Waals surface area (Å²) in [6.07, 6.45) is 1.07. The Bertz CT molecular complexity index is 372. The average molecular weight is 346 g/mol. The van der Waals surface area contributed by atoms with Gasteiger partial charge in [-0.3, -0.25) is 4.90 Å². The lowest BCUT2D eigenvalue weighted by Crippen LogP contribution is -2.33. The van der Waals surface area contributed by atoms with Crippen LogP contribution in [0.4, 0.5) is 0 Å². The minimum atomic E-state index is 0.241. The Hall–Kier alpha value is -0.170. The molecule has 1 aliphatic heterocycles. The molecule has 2 atom stereocenters. The van der Waals surface area contributed by atoms with E-state index in [9.17, 15) is 0 Å². The van der Waals surface area contributed by atoms with E-state index >= 15 is 0 Å². The highest BCUT2D eigenvalue weighted by molar-refractivity contribution is 14.1. The van der Waals surface area contributed by atoms with E-state index in [0.29, 0.717) is 6.04 Å². The van der Waals surface area contributed by atoms with Crippen LogP contribution in [0.5, 0.6) is 0 Å². The highest BCUT2D eigenvalue weighted by Crippen LogP contribution is 2.31. The number of ether oxygens (including phenoxy) is 1. The van der Waals surface area contributed by atoms with Crippen LogP contribution < -0.4 is 5.73 Å². The van der Waals surface area contributed by atoms with Gasteiger partial charge in [0.2, 0.25) is 0 Å². The molecule has 1 fully saturated rings. The van der Waals surface area contributed by atoms with Crippen LogP contribution in [0.3, 0.4) is 0 Å². The fourth-order valence-corrected chi connectivity index (χ4v) is 3.06. The van der Waals surface area contributed by atoms with Crippen LogP contribution in [0.25, 0.3) is 0 Å². The summed E-state index contributed by atoms with van der Waals surface area (Å²) in [5, 5.41) is 0. The number of hydrogen-bond acceptors (Lipinski definition) is 3. The molecule has 4 heteroatoms. The summed E-state index contributed by atoms with van der Waals surface area (Å²) in [6, 6.07) is 9.22. The maximum atomic E-state index is 6.24. The van der Waals surface area contributed by atoms with Crippen LogP contribution in [0.1, 0.15) is 18.0 Å². The first kappa shape index (κ1) is 13.3. The molecule has 0 saturated carbocycles. The fourth-order valence-electron chi connectivity index (χ4n) is 2.49. The third-order valence-electron chi connectivity index (χ3n) is 3.32. The van der Waals surface area contributed by atoms with Gasteiger partial charge in [0.1, 0.15) is 0 Å². The Morgan fingerprint density at radius 1 is 1.53 bits per heavy atom. The molecular weight excluding hydrogens is 327 g/mol. The third kappa shape index (κ3) is 3.19. The Morgan fingerprint density at radius 3 is 3.06 bits per heavy atom. The molecule has 1 aromatic carbocycles. The number of rotatable bonds is 4. The number of nitrogens with two attached hydrogens (primary N) is 1. The molecule has 0 radical (unpaired) electrons. The molecule has 1 aromatic rings. The number of likely N-dealkylation sites (tertiary alicyclic amines) is 1. The molecule has 3 nitrogen and oxygen atoms in total. The summed E-state index contributed by atoms with van der Waals surface area (Å²) >= 11 is 2.35. The summed E-state index contributed by atoms with van der Waals surface area (Å²) < 4.78 is 6.43. The van der Waals surface area contributed by atoms with Gasteiger partial charge in [-0.05, 0) is 46.7 Å². The van der Waals surface area contributed by atoms with Crippen molar-refractivity contribution in [1.29, 1.82) is 0 Å². The van der Waals surface area contributed by atoms with Gasteiger partial charge in [-0.1, -0.05) is 12.1 Å². The van der Waals surface area contributed by atoms with Crippen LogP contribution in [0.2, 0.25) is 0 Å². The van der Waals surface area contributed by atoms with Crippen molar-refractivity contribution in [3.63, 3.8) is 0 Å². The highest BCUT2D eigenvalue weighted by atomic mass is 127. The highest BCUT2D eigenvalue weighted by Gasteiger charge is 2.32. The van der Waals surface area contributed by atoms with Gasteiger partial charge in [-0.2, -0.15) is 0 Å². The number of halogens is 1. The molecule has 1 aliphatic rings. The smallest absolute Gasteiger partial charge is 0.0589 e. The zero-order chi connectivity index (χ0) is 12.3. The summed E-state index contributed by atoms with van der Waals surface area (Å²) in [6.45, 7) is 2.80. The second-order valence-corrected chi connectivity index (χ2v) is 5.73. The van der Waals surface area contributed by atoms with Crippen molar-refractivity contribution in [2.45, 2.75) is 18.5 Å². The van der Waals surface area contributed by atoms with Crippen LogP contribution in [0, 0.1) is 3.57 Å². The van der Waals surface area contributed by atoms with Crippen molar-refractivity contribution in [3.05, 3.63) is 33.4 Å². The standard InChI is InChI=1S/C13H19IN2O/c1-17-8-7-16-6-5-12(15)13(16)10-3-2-4-11(14)9-10/h2-4,9,12-13H,5-8,15H2,1H3. The van der Waals surface area contributed by atoms with Gasteiger partial charge in [0.25, 0.3) is 0 Å². The second kappa shape index (κ2) is 6.13. The van der Waals surface area contributed by atoms with Crippen molar-refractivity contribution < 1.29 is 4.74 Å². The first-order valence-corrected chi connectivity index (χ1v) is 7.04. The lowest BCUT2D eigenvalue weighted by molar-refractivity contribution is 0.139. The van der Waals surface area contributed by atoms with E-state index in [4.69, 9.17) is 10.5 Å². The van der Waals surface area contributed by atoms with E-state index in [0.717, 1.165) is 26.1 Å². The van der Waals surface area contributed by atoms with E-state index < -0.39 is 0 Å².